The lowest BCUT2D eigenvalue weighted by molar-refractivity contribution is 0.319. The number of aliphatic hydroxyl groups is 1. The minimum atomic E-state index is -0.775. The predicted octanol–water partition coefficient (Wildman–Crippen LogP) is 1.70. The molecule has 0 aliphatic rings. The maximum Gasteiger partial charge on any atom is 0.128 e. The zero-order valence-corrected chi connectivity index (χ0v) is 8.74. The summed E-state index contributed by atoms with van der Waals surface area (Å²) >= 11 is -0.775. The lowest BCUT2D eigenvalue weighted by Crippen LogP contribution is -2.13. The van der Waals surface area contributed by atoms with E-state index in [1.54, 1.807) is 0 Å². The van der Waals surface area contributed by atoms with Gasteiger partial charge in [0.25, 0.3) is 0 Å². The standard InChI is InChI=1S/C9H20O2S/c1-2-3-4-5-6-8-12(11)9-7-10/h10H,2-9H2,1H3. The fraction of sp³-hybridized carbons (Fsp3) is 1.00. The van der Waals surface area contributed by atoms with Crippen LogP contribution in [0, 0.1) is 0 Å². The van der Waals surface area contributed by atoms with Crippen LogP contribution in [0.25, 0.3) is 0 Å². The molecule has 0 aromatic rings. The van der Waals surface area contributed by atoms with Crippen molar-refractivity contribution in [3.05, 3.63) is 0 Å². The van der Waals surface area contributed by atoms with Gasteiger partial charge in [0.1, 0.15) is 11.5 Å². The molecule has 0 aliphatic carbocycles. The molecule has 74 valence electrons. The Morgan fingerprint density at radius 3 is 2.33 bits per heavy atom. The Balaban J connectivity index is 2.97. The van der Waals surface area contributed by atoms with E-state index < -0.39 is 11.2 Å². The molecule has 0 aromatic heterocycles. The Labute approximate surface area is 78.5 Å². The molecule has 0 saturated carbocycles. The van der Waals surface area contributed by atoms with Crippen LogP contribution in [-0.4, -0.2) is 27.8 Å². The van der Waals surface area contributed by atoms with Crippen molar-refractivity contribution in [2.75, 3.05) is 18.1 Å². The maximum atomic E-state index is 11.0. The fourth-order valence-corrected chi connectivity index (χ4v) is 2.00. The van der Waals surface area contributed by atoms with Gasteiger partial charge in [0.2, 0.25) is 0 Å². The molecule has 1 N–H and O–H groups in total. The van der Waals surface area contributed by atoms with E-state index in [9.17, 15) is 4.55 Å². The average molecular weight is 192 g/mol. The van der Waals surface area contributed by atoms with E-state index in [4.69, 9.17) is 5.11 Å². The van der Waals surface area contributed by atoms with Crippen molar-refractivity contribution in [3.8, 4) is 0 Å². The van der Waals surface area contributed by atoms with Crippen LogP contribution in [0.1, 0.15) is 39.0 Å². The molecule has 0 fully saturated rings. The molecule has 0 saturated heterocycles. The summed E-state index contributed by atoms with van der Waals surface area (Å²) in [6.45, 7) is 2.24. The molecule has 0 aromatic carbocycles. The van der Waals surface area contributed by atoms with Gasteiger partial charge in [-0.25, -0.2) is 0 Å². The van der Waals surface area contributed by atoms with Crippen LogP contribution in [0.2, 0.25) is 0 Å². The molecular weight excluding hydrogens is 172 g/mol. The van der Waals surface area contributed by atoms with Crippen LogP contribution in [0.3, 0.4) is 0 Å². The van der Waals surface area contributed by atoms with E-state index in [0.29, 0.717) is 5.75 Å². The van der Waals surface area contributed by atoms with Crippen molar-refractivity contribution < 1.29 is 9.66 Å². The van der Waals surface area contributed by atoms with Crippen LogP contribution in [0.15, 0.2) is 0 Å². The average Bonchev–Trinajstić information content (AvgIpc) is 2.05. The number of unbranched alkanes of at least 4 members (excludes halogenated alkanes) is 4. The van der Waals surface area contributed by atoms with Gasteiger partial charge >= 0.3 is 0 Å². The molecular formula is C9H20O2S. The quantitative estimate of drug-likeness (QED) is 0.470. The van der Waals surface area contributed by atoms with Gasteiger partial charge in [-0.3, -0.25) is 0 Å². The van der Waals surface area contributed by atoms with Crippen molar-refractivity contribution in [3.63, 3.8) is 0 Å². The summed E-state index contributed by atoms with van der Waals surface area (Å²) in [7, 11) is 0. The third-order valence-electron chi connectivity index (χ3n) is 1.79. The Bertz CT molecular complexity index is 88.6. The van der Waals surface area contributed by atoms with Gasteiger partial charge in [-0.15, -0.1) is 0 Å². The zero-order chi connectivity index (χ0) is 9.23. The summed E-state index contributed by atoms with van der Waals surface area (Å²) in [5.74, 6) is 1.22. The van der Waals surface area contributed by atoms with Crippen LogP contribution in [0.4, 0.5) is 0 Å². The number of aliphatic hydroxyl groups excluding tert-OH is 1. The van der Waals surface area contributed by atoms with Crippen molar-refractivity contribution in [1.29, 1.82) is 0 Å². The molecule has 0 amide bonds. The summed E-state index contributed by atoms with van der Waals surface area (Å²) in [4.78, 5) is 0. The predicted molar refractivity (Wildman–Crippen MR) is 53.7 cm³/mol. The number of hydrogen-bond donors (Lipinski definition) is 1. The molecule has 3 heteroatoms. The van der Waals surface area contributed by atoms with Gasteiger partial charge < -0.3 is 9.66 Å². The molecule has 0 bridgehead atoms. The van der Waals surface area contributed by atoms with Crippen LogP contribution in [0.5, 0.6) is 0 Å². The van der Waals surface area contributed by atoms with Gasteiger partial charge in [-0.1, -0.05) is 37.4 Å². The Hall–Kier alpha value is 0.270. The highest BCUT2D eigenvalue weighted by Gasteiger charge is 2.03. The summed E-state index contributed by atoms with van der Waals surface area (Å²) in [5.41, 5.74) is 0. The van der Waals surface area contributed by atoms with E-state index in [1.165, 1.54) is 25.7 Å². The van der Waals surface area contributed by atoms with E-state index >= 15 is 0 Å². The minimum absolute atomic E-state index is 0.0571. The Morgan fingerprint density at radius 2 is 1.75 bits per heavy atom. The molecule has 0 spiro atoms. The molecule has 0 rings (SSSR count). The molecule has 1 atom stereocenters. The molecule has 0 aliphatic heterocycles. The van der Waals surface area contributed by atoms with Crippen molar-refractivity contribution in [1.82, 2.24) is 0 Å². The van der Waals surface area contributed by atoms with Crippen LogP contribution < -0.4 is 0 Å². The summed E-state index contributed by atoms with van der Waals surface area (Å²) in [6, 6.07) is 0. The Morgan fingerprint density at radius 1 is 1.08 bits per heavy atom. The highest BCUT2D eigenvalue weighted by atomic mass is 32.2. The molecule has 0 radical (unpaired) electrons. The number of rotatable bonds is 8. The van der Waals surface area contributed by atoms with E-state index in [-0.39, 0.29) is 6.61 Å². The largest absolute Gasteiger partial charge is 0.616 e. The van der Waals surface area contributed by atoms with E-state index in [1.807, 2.05) is 0 Å². The lowest BCUT2D eigenvalue weighted by Gasteiger charge is -2.08. The molecule has 1 unspecified atom stereocenters. The topological polar surface area (TPSA) is 43.3 Å². The van der Waals surface area contributed by atoms with Crippen molar-refractivity contribution >= 4 is 11.2 Å². The van der Waals surface area contributed by atoms with Gasteiger partial charge in [0.05, 0.1) is 6.61 Å². The zero-order valence-electron chi connectivity index (χ0n) is 7.92. The summed E-state index contributed by atoms with van der Waals surface area (Å²) < 4.78 is 11.0. The first-order valence-corrected chi connectivity index (χ1v) is 6.26. The second-order valence-electron chi connectivity index (χ2n) is 2.99. The van der Waals surface area contributed by atoms with Crippen LogP contribution in [-0.2, 0) is 11.2 Å². The van der Waals surface area contributed by atoms with E-state index in [0.717, 1.165) is 12.2 Å². The highest BCUT2D eigenvalue weighted by molar-refractivity contribution is 7.91. The van der Waals surface area contributed by atoms with Crippen molar-refractivity contribution in [2.45, 2.75) is 39.0 Å². The highest BCUT2D eigenvalue weighted by Crippen LogP contribution is 2.04. The monoisotopic (exact) mass is 192 g/mol. The van der Waals surface area contributed by atoms with Gasteiger partial charge in [0, 0.05) is 0 Å². The second-order valence-corrected chi connectivity index (χ2v) is 4.68. The van der Waals surface area contributed by atoms with Gasteiger partial charge in [0.15, 0.2) is 0 Å². The minimum Gasteiger partial charge on any atom is -0.616 e. The van der Waals surface area contributed by atoms with Crippen molar-refractivity contribution in [2.24, 2.45) is 0 Å². The second kappa shape index (κ2) is 9.36. The SMILES string of the molecule is CCCCCCC[S+]([O-])CCO. The molecule has 0 heterocycles. The molecule has 12 heavy (non-hydrogen) atoms. The number of hydrogen-bond acceptors (Lipinski definition) is 2. The summed E-state index contributed by atoms with van der Waals surface area (Å²) in [6.07, 6.45) is 6.02. The third kappa shape index (κ3) is 8.37. The van der Waals surface area contributed by atoms with Gasteiger partial charge in [-0.05, 0) is 12.8 Å². The van der Waals surface area contributed by atoms with Gasteiger partial charge in [-0.2, -0.15) is 0 Å². The Kier molecular flexibility index (Phi) is 9.57. The maximum absolute atomic E-state index is 11.0. The first-order chi connectivity index (χ1) is 5.81. The third-order valence-corrected chi connectivity index (χ3v) is 3.18. The first kappa shape index (κ1) is 12.3. The van der Waals surface area contributed by atoms with E-state index in [2.05, 4.69) is 6.92 Å². The lowest BCUT2D eigenvalue weighted by atomic mass is 10.2. The van der Waals surface area contributed by atoms with Crippen LogP contribution >= 0.6 is 0 Å². The smallest absolute Gasteiger partial charge is 0.128 e. The summed E-state index contributed by atoms with van der Waals surface area (Å²) in [5, 5.41) is 8.48. The fourth-order valence-electron chi connectivity index (χ4n) is 1.07. The first-order valence-electron chi connectivity index (χ1n) is 4.77. The molecule has 2 nitrogen and oxygen atoms in total. The normalized spacial score (nSPS) is 13.2.